The fourth-order valence-corrected chi connectivity index (χ4v) is 12.9. The van der Waals surface area contributed by atoms with Crippen molar-refractivity contribution in [2.24, 2.45) is 46.3 Å². The molecule has 0 spiro atoms. The molecule has 0 amide bonds. The minimum atomic E-state index is -0.742. The molecular weight excluding hydrogens is 611 g/mol. The summed E-state index contributed by atoms with van der Waals surface area (Å²) in [5.74, 6) is 5.50. The van der Waals surface area contributed by atoms with Crippen LogP contribution in [0.5, 0.6) is 5.75 Å². The number of methoxy groups -OCH3 is 1. The van der Waals surface area contributed by atoms with Crippen molar-refractivity contribution in [1.29, 1.82) is 0 Å². The molecule has 270 valence electrons. The third kappa shape index (κ3) is 5.70. The molecule has 1 aromatic carbocycles. The van der Waals surface area contributed by atoms with Crippen molar-refractivity contribution in [1.82, 2.24) is 0 Å². The predicted octanol–water partition coefficient (Wildman–Crippen LogP) is 8.62. The highest BCUT2D eigenvalue weighted by molar-refractivity contribution is 6.63. The molecule has 7 aliphatic rings. The zero-order valence-corrected chi connectivity index (χ0v) is 31.3. The number of aliphatic hydroxyl groups is 1. The predicted molar refractivity (Wildman–Crippen MR) is 193 cm³/mol. The minimum absolute atomic E-state index is 0.0688. The van der Waals surface area contributed by atoms with Gasteiger partial charge in [0, 0.05) is 0 Å². The second-order valence-electron chi connectivity index (χ2n) is 18.2. The average molecular weight is 675 g/mol. The topological polar surface area (TPSA) is 66.4 Å². The maximum absolute atomic E-state index is 11.8. The van der Waals surface area contributed by atoms with Crippen molar-refractivity contribution in [3.8, 4) is 5.75 Å². The molecule has 11 unspecified atom stereocenters. The van der Waals surface area contributed by atoms with Gasteiger partial charge in [-0.1, -0.05) is 71.7 Å². The largest absolute Gasteiger partial charge is 0.497 e. The van der Waals surface area contributed by atoms with E-state index >= 15 is 0 Å². The monoisotopic (exact) mass is 674 g/mol. The Morgan fingerprint density at radius 2 is 1.84 bits per heavy atom. The lowest BCUT2D eigenvalue weighted by atomic mass is 9.30. The van der Waals surface area contributed by atoms with Gasteiger partial charge < -0.3 is 28.8 Å². The highest BCUT2D eigenvalue weighted by Crippen LogP contribution is 2.69. The fourth-order valence-electron chi connectivity index (χ4n) is 12.9. The smallest absolute Gasteiger partial charge is 0.228 e. The summed E-state index contributed by atoms with van der Waals surface area (Å²) in [6.45, 7) is 15.1. The van der Waals surface area contributed by atoms with E-state index in [1.54, 1.807) is 12.7 Å². The zero-order valence-electron chi connectivity index (χ0n) is 31.3. The lowest BCUT2D eigenvalue weighted by Crippen LogP contribution is -2.62. The van der Waals surface area contributed by atoms with Gasteiger partial charge in [-0.2, -0.15) is 0 Å². The second kappa shape index (κ2) is 13.2. The maximum Gasteiger partial charge on any atom is 0.228 e. The van der Waals surface area contributed by atoms with E-state index < -0.39 is 12.3 Å². The lowest BCUT2D eigenvalue weighted by molar-refractivity contribution is -0.251. The van der Waals surface area contributed by atoms with Crippen LogP contribution in [0, 0.1) is 46.3 Å². The molecule has 2 bridgehead atoms. The van der Waals surface area contributed by atoms with E-state index in [9.17, 15) is 5.11 Å². The van der Waals surface area contributed by atoms with Crippen molar-refractivity contribution in [2.45, 2.75) is 154 Å². The highest BCUT2D eigenvalue weighted by Gasteiger charge is 2.65. The van der Waals surface area contributed by atoms with Crippen LogP contribution in [0.4, 0.5) is 0 Å². The molecule has 1 N–H and O–H groups in total. The Morgan fingerprint density at radius 1 is 1.04 bits per heavy atom. The Kier molecular flexibility index (Phi) is 9.37. The summed E-state index contributed by atoms with van der Waals surface area (Å²) in [6.07, 6.45) is 15.1. The Balaban J connectivity index is 0.932. The zero-order chi connectivity index (χ0) is 34.2. The Morgan fingerprint density at radius 3 is 2.59 bits per heavy atom. The molecule has 1 aromatic rings. The third-order valence-corrected chi connectivity index (χ3v) is 16.0. The second-order valence-corrected chi connectivity index (χ2v) is 18.2. The quantitative estimate of drug-likeness (QED) is 0.220. The van der Waals surface area contributed by atoms with E-state index in [4.69, 9.17) is 23.7 Å². The number of ether oxygens (including phenoxy) is 5. The van der Waals surface area contributed by atoms with Crippen LogP contribution in [0.25, 0.3) is 0 Å². The van der Waals surface area contributed by atoms with Gasteiger partial charge in [-0.25, -0.2) is 0 Å². The van der Waals surface area contributed by atoms with Crippen LogP contribution in [0.1, 0.15) is 117 Å². The molecule has 6 nitrogen and oxygen atoms in total. The molecule has 7 heteroatoms. The first-order chi connectivity index (χ1) is 23.6. The van der Waals surface area contributed by atoms with Gasteiger partial charge in [0.1, 0.15) is 5.75 Å². The molecule has 0 radical (unpaired) electrons. The lowest BCUT2D eigenvalue weighted by Gasteiger charge is -2.58. The van der Waals surface area contributed by atoms with Crippen LogP contribution in [0.15, 0.2) is 35.9 Å². The van der Waals surface area contributed by atoms with Crippen LogP contribution in [-0.4, -0.2) is 62.2 Å². The van der Waals surface area contributed by atoms with Gasteiger partial charge in [0.25, 0.3) is 0 Å². The van der Waals surface area contributed by atoms with E-state index in [0.717, 1.165) is 60.2 Å². The number of fused-ring (bicyclic) bond motifs is 9. The van der Waals surface area contributed by atoms with E-state index in [2.05, 4.69) is 59.8 Å². The molecule has 8 rings (SSSR count). The number of aliphatic hydroxyl groups excluding tert-OH is 1. The van der Waals surface area contributed by atoms with Crippen LogP contribution in [-0.2, 0) is 18.9 Å². The highest BCUT2D eigenvalue weighted by atomic mass is 16.7. The first kappa shape index (κ1) is 34.7. The SMILES string of the molecule is CC[C@H](C)CCC1O[C@H]2CC3C4CC=C5CC(OC6OC7COC(c8ccc(OC)cc8)B(C7C)[C@@H]6O)CCC5(C)C4CCC3(C)[C@H]2[C@@H]1C. The van der Waals surface area contributed by atoms with Crippen molar-refractivity contribution in [2.75, 3.05) is 13.7 Å². The summed E-state index contributed by atoms with van der Waals surface area (Å²) >= 11 is 0. The summed E-state index contributed by atoms with van der Waals surface area (Å²) in [5.41, 5.74) is 3.34. The Hall–Kier alpha value is -1.38. The van der Waals surface area contributed by atoms with Crippen LogP contribution >= 0.6 is 0 Å². The van der Waals surface area contributed by atoms with Crippen molar-refractivity contribution in [3.05, 3.63) is 41.5 Å². The number of hydrogen-bond donors (Lipinski definition) is 1. The van der Waals surface area contributed by atoms with Crippen LogP contribution < -0.4 is 4.74 Å². The maximum atomic E-state index is 11.8. The molecule has 6 fully saturated rings. The van der Waals surface area contributed by atoms with Gasteiger partial charge in [-0.05, 0) is 128 Å². The van der Waals surface area contributed by atoms with E-state index in [-0.39, 0.29) is 36.2 Å². The van der Waals surface area contributed by atoms with Gasteiger partial charge in [0.15, 0.2) is 6.29 Å². The van der Waals surface area contributed by atoms with Gasteiger partial charge in [-0.15, -0.1) is 0 Å². The number of hydrogen-bond acceptors (Lipinski definition) is 6. The summed E-state index contributed by atoms with van der Waals surface area (Å²) in [6, 6.07) is 7.14. The van der Waals surface area contributed by atoms with Crippen molar-refractivity contribution >= 4 is 6.71 Å². The normalized spacial score (nSPS) is 47.8. The number of rotatable bonds is 8. The van der Waals surface area contributed by atoms with Gasteiger partial charge in [0.2, 0.25) is 6.71 Å². The number of allylic oxidation sites excluding steroid dienone is 1. The summed E-state index contributed by atoms with van der Waals surface area (Å²) in [7, 11) is 1.68. The van der Waals surface area contributed by atoms with Gasteiger partial charge >= 0.3 is 0 Å². The molecule has 4 aliphatic carbocycles. The van der Waals surface area contributed by atoms with E-state index in [0.29, 0.717) is 30.1 Å². The molecule has 3 saturated carbocycles. The first-order valence-electron chi connectivity index (χ1n) is 20.1. The molecule has 49 heavy (non-hydrogen) atoms. The molecule has 0 aromatic heterocycles. The Bertz CT molecular complexity index is 1370. The van der Waals surface area contributed by atoms with Gasteiger partial charge in [0.05, 0.1) is 50.1 Å². The first-order valence-corrected chi connectivity index (χ1v) is 20.1. The minimum Gasteiger partial charge on any atom is -0.497 e. The van der Waals surface area contributed by atoms with E-state index in [1.807, 2.05) is 12.1 Å². The molecule has 3 heterocycles. The van der Waals surface area contributed by atoms with Crippen molar-refractivity contribution in [3.63, 3.8) is 0 Å². The van der Waals surface area contributed by atoms with Crippen LogP contribution in [0.2, 0.25) is 5.82 Å². The van der Waals surface area contributed by atoms with Crippen LogP contribution in [0.3, 0.4) is 0 Å². The van der Waals surface area contributed by atoms with Gasteiger partial charge in [-0.3, -0.25) is 0 Å². The van der Waals surface area contributed by atoms with Crippen molar-refractivity contribution < 1.29 is 28.8 Å². The third-order valence-electron chi connectivity index (χ3n) is 16.0. The molecule has 3 aliphatic heterocycles. The Labute approximate surface area is 296 Å². The standard InChI is InChI=1S/C42H63BO6/c1-8-24(2)9-16-34-25(3)37-35(48-34)22-33-31-15-12-28-21-30(17-19-41(28,5)32(31)18-20-42(33,37)6)47-40-38(44)43-26(4)36(49-40)23-46-39(43)27-10-13-29(45-7)14-11-27/h10-14,24-26,30-40,44H,8-9,15-23H2,1-7H3/t24-,25+,26?,30?,31?,32?,33?,34?,35-,36?,37-,38+,39?,40?,41?,42?/m0/s1. The average Bonchev–Trinajstić information content (AvgIpc) is 3.58. The molecular formula is C42H63BO6. The van der Waals surface area contributed by atoms with E-state index in [1.165, 1.54) is 44.9 Å². The molecule has 16 atom stereocenters. The molecule has 3 saturated heterocycles. The number of benzene rings is 1. The summed E-state index contributed by atoms with van der Waals surface area (Å²) < 4.78 is 31.9. The fraction of sp³-hybridized carbons (Fsp3) is 0.810. The summed E-state index contributed by atoms with van der Waals surface area (Å²) in [5, 5.41) is 11.8. The summed E-state index contributed by atoms with van der Waals surface area (Å²) in [4.78, 5) is 0.